The topological polar surface area (TPSA) is 105 Å². The summed E-state index contributed by atoms with van der Waals surface area (Å²) in [5, 5.41) is 8.83. The molecule has 0 heterocycles. The second kappa shape index (κ2) is 4.94. The van der Waals surface area contributed by atoms with E-state index in [0.717, 1.165) is 0 Å². The lowest BCUT2D eigenvalue weighted by molar-refractivity contribution is 0.339. The second-order valence-corrected chi connectivity index (χ2v) is 4.54. The fourth-order valence-electron chi connectivity index (χ4n) is 1.11. The zero-order chi connectivity index (χ0) is 12.2. The van der Waals surface area contributed by atoms with Crippen LogP contribution in [0.3, 0.4) is 0 Å². The third kappa shape index (κ3) is 2.49. The summed E-state index contributed by atoms with van der Waals surface area (Å²) >= 11 is 0. The Hall–Kier alpha value is -1.62. The van der Waals surface area contributed by atoms with Crippen LogP contribution in [0.25, 0.3) is 0 Å². The zero-order valence-corrected chi connectivity index (χ0v) is 9.41. The third-order valence-corrected chi connectivity index (χ3v) is 3.02. The lowest BCUT2D eigenvalue weighted by atomic mass is 10.2. The maximum atomic E-state index is 11.4. The zero-order valence-electron chi connectivity index (χ0n) is 8.60. The minimum absolute atomic E-state index is 0.0741. The number of hydrogen-bond acceptors (Lipinski definition) is 5. The summed E-state index contributed by atoms with van der Waals surface area (Å²) in [5.41, 5.74) is 0.151. The summed E-state index contributed by atoms with van der Waals surface area (Å²) in [7, 11) is -3.74. The predicted octanol–water partition coefficient (Wildman–Crippen LogP) is 0.109. The molecule has 0 radical (unpaired) electrons. The van der Waals surface area contributed by atoms with E-state index in [-0.39, 0.29) is 10.5 Å². The normalized spacial score (nSPS) is 10.8. The molecule has 3 N–H and O–H groups in total. The Labute approximate surface area is 93.7 Å². The van der Waals surface area contributed by atoms with E-state index in [0.29, 0.717) is 12.4 Å². The molecule has 1 aromatic carbocycles. The average molecular weight is 241 g/mol. The van der Waals surface area contributed by atoms with E-state index >= 15 is 0 Å². The molecule has 0 atom stereocenters. The van der Waals surface area contributed by atoms with Crippen molar-refractivity contribution in [2.75, 3.05) is 6.61 Å². The molecule has 0 aliphatic rings. The standard InChI is InChI=1S/C9H11N3O3S/c1-2-15-9-4-3-8(5-7(9)6-10)16(13,14)12-11/h3-5,12H,2,11H2,1H3. The number of sulfonamides is 1. The van der Waals surface area contributed by atoms with E-state index < -0.39 is 10.0 Å². The van der Waals surface area contributed by atoms with Crippen LogP contribution in [0.4, 0.5) is 0 Å². The van der Waals surface area contributed by atoms with Crippen LogP contribution >= 0.6 is 0 Å². The van der Waals surface area contributed by atoms with Gasteiger partial charge in [-0.15, -0.1) is 0 Å². The van der Waals surface area contributed by atoms with Gasteiger partial charge in [0, 0.05) is 0 Å². The molecule has 0 saturated carbocycles. The number of nitrogens with one attached hydrogen (secondary N) is 1. The van der Waals surface area contributed by atoms with Crippen LogP contribution in [0.5, 0.6) is 5.75 Å². The van der Waals surface area contributed by atoms with Gasteiger partial charge in [0.05, 0.1) is 17.1 Å². The first-order chi connectivity index (χ1) is 7.55. The highest BCUT2D eigenvalue weighted by molar-refractivity contribution is 7.89. The van der Waals surface area contributed by atoms with Crippen LogP contribution in [0, 0.1) is 11.3 Å². The van der Waals surface area contributed by atoms with E-state index in [2.05, 4.69) is 0 Å². The molecule has 0 aromatic heterocycles. The van der Waals surface area contributed by atoms with Gasteiger partial charge in [-0.3, -0.25) is 5.84 Å². The summed E-state index contributed by atoms with van der Waals surface area (Å²) in [6.45, 7) is 2.17. The van der Waals surface area contributed by atoms with Crippen LogP contribution in [0.15, 0.2) is 23.1 Å². The molecular formula is C9H11N3O3S. The Bertz CT molecular complexity index is 519. The summed E-state index contributed by atoms with van der Waals surface area (Å²) in [5.74, 6) is 5.22. The fourth-order valence-corrected chi connectivity index (χ4v) is 1.77. The molecule has 1 aromatic rings. The largest absolute Gasteiger partial charge is 0.492 e. The Morgan fingerprint density at radius 2 is 2.25 bits per heavy atom. The number of nitrogens with zero attached hydrogens (tertiary/aromatic N) is 1. The van der Waals surface area contributed by atoms with E-state index in [1.165, 1.54) is 18.2 Å². The van der Waals surface area contributed by atoms with Crippen molar-refractivity contribution >= 4 is 10.0 Å². The molecule has 0 spiro atoms. The maximum Gasteiger partial charge on any atom is 0.253 e. The first-order valence-electron chi connectivity index (χ1n) is 4.44. The molecule has 16 heavy (non-hydrogen) atoms. The smallest absolute Gasteiger partial charge is 0.253 e. The molecule has 0 fully saturated rings. The highest BCUT2D eigenvalue weighted by atomic mass is 32.2. The first kappa shape index (κ1) is 12.4. The molecule has 86 valence electrons. The van der Waals surface area contributed by atoms with Gasteiger partial charge in [0.2, 0.25) is 0 Å². The van der Waals surface area contributed by atoms with Gasteiger partial charge in [-0.25, -0.2) is 8.42 Å². The summed E-state index contributed by atoms with van der Waals surface area (Å²) < 4.78 is 27.9. The maximum absolute atomic E-state index is 11.4. The molecule has 0 amide bonds. The van der Waals surface area contributed by atoms with Crippen LogP contribution in [0.1, 0.15) is 12.5 Å². The molecule has 0 aliphatic heterocycles. The summed E-state index contributed by atoms with van der Waals surface area (Å²) in [6, 6.07) is 5.81. The number of ether oxygens (including phenoxy) is 1. The van der Waals surface area contributed by atoms with Gasteiger partial charge < -0.3 is 4.74 Å². The monoisotopic (exact) mass is 241 g/mol. The van der Waals surface area contributed by atoms with Crippen molar-refractivity contribution < 1.29 is 13.2 Å². The third-order valence-electron chi connectivity index (χ3n) is 1.84. The van der Waals surface area contributed by atoms with Crippen LogP contribution < -0.4 is 15.4 Å². The number of nitriles is 1. The second-order valence-electron chi connectivity index (χ2n) is 2.82. The quantitative estimate of drug-likeness (QED) is 0.575. The molecule has 6 nitrogen and oxygen atoms in total. The van der Waals surface area contributed by atoms with E-state index in [9.17, 15) is 8.42 Å². The average Bonchev–Trinajstić information content (AvgIpc) is 2.29. The Kier molecular flexibility index (Phi) is 3.84. The molecular weight excluding hydrogens is 230 g/mol. The van der Waals surface area contributed by atoms with Crippen LogP contribution in [-0.2, 0) is 10.0 Å². The van der Waals surface area contributed by atoms with Gasteiger partial charge in [-0.05, 0) is 25.1 Å². The molecule has 0 unspecified atom stereocenters. The number of nitrogens with two attached hydrogens (primary N) is 1. The molecule has 7 heteroatoms. The minimum Gasteiger partial charge on any atom is -0.492 e. The Morgan fingerprint density at radius 3 is 2.75 bits per heavy atom. The Balaban J connectivity index is 3.26. The SMILES string of the molecule is CCOc1ccc(S(=O)(=O)NN)cc1C#N. The number of hydrazine groups is 1. The highest BCUT2D eigenvalue weighted by Gasteiger charge is 2.14. The van der Waals surface area contributed by atoms with E-state index in [1.54, 1.807) is 11.8 Å². The van der Waals surface area contributed by atoms with Crippen molar-refractivity contribution in [3.63, 3.8) is 0 Å². The minimum atomic E-state index is -3.74. The van der Waals surface area contributed by atoms with Crippen LogP contribution in [0.2, 0.25) is 0 Å². The molecule has 1 rings (SSSR count). The van der Waals surface area contributed by atoms with Crippen molar-refractivity contribution in [2.24, 2.45) is 5.84 Å². The fraction of sp³-hybridized carbons (Fsp3) is 0.222. The Morgan fingerprint density at radius 1 is 1.56 bits per heavy atom. The summed E-state index contributed by atoms with van der Waals surface area (Å²) in [6.07, 6.45) is 0. The molecule has 0 saturated heterocycles. The first-order valence-corrected chi connectivity index (χ1v) is 5.92. The predicted molar refractivity (Wildman–Crippen MR) is 56.8 cm³/mol. The van der Waals surface area contributed by atoms with Crippen molar-refractivity contribution in [2.45, 2.75) is 11.8 Å². The van der Waals surface area contributed by atoms with Crippen molar-refractivity contribution in [1.82, 2.24) is 4.83 Å². The lowest BCUT2D eigenvalue weighted by Gasteiger charge is -2.07. The van der Waals surface area contributed by atoms with Gasteiger partial charge >= 0.3 is 0 Å². The van der Waals surface area contributed by atoms with E-state index in [4.69, 9.17) is 15.8 Å². The number of benzene rings is 1. The highest BCUT2D eigenvalue weighted by Crippen LogP contribution is 2.21. The van der Waals surface area contributed by atoms with Gasteiger partial charge in [0.25, 0.3) is 10.0 Å². The van der Waals surface area contributed by atoms with Gasteiger partial charge in [-0.2, -0.15) is 10.1 Å². The molecule has 0 aliphatic carbocycles. The van der Waals surface area contributed by atoms with Crippen molar-refractivity contribution in [1.29, 1.82) is 5.26 Å². The summed E-state index contributed by atoms with van der Waals surface area (Å²) in [4.78, 5) is 1.61. The van der Waals surface area contributed by atoms with Crippen molar-refractivity contribution in [3.05, 3.63) is 23.8 Å². The number of rotatable bonds is 4. The lowest BCUT2D eigenvalue weighted by Crippen LogP contribution is -2.30. The van der Waals surface area contributed by atoms with Gasteiger partial charge in [0.15, 0.2) is 0 Å². The number of hydrogen-bond donors (Lipinski definition) is 2. The van der Waals surface area contributed by atoms with E-state index in [1.807, 2.05) is 6.07 Å². The van der Waals surface area contributed by atoms with Gasteiger partial charge in [-0.1, -0.05) is 0 Å². The van der Waals surface area contributed by atoms with Gasteiger partial charge in [0.1, 0.15) is 11.8 Å². The molecule has 0 bridgehead atoms. The van der Waals surface area contributed by atoms with Crippen LogP contribution in [-0.4, -0.2) is 15.0 Å². The van der Waals surface area contributed by atoms with Crippen molar-refractivity contribution in [3.8, 4) is 11.8 Å².